The second-order valence-electron chi connectivity index (χ2n) is 5.16. The van der Waals surface area contributed by atoms with Crippen LogP contribution in [0.1, 0.15) is 25.0 Å². The number of aryl methyl sites for hydroxylation is 1. The highest BCUT2D eigenvalue weighted by atomic mass is 15.0. The molecule has 2 heterocycles. The van der Waals surface area contributed by atoms with Crippen LogP contribution in [0, 0.1) is 6.92 Å². The van der Waals surface area contributed by atoms with E-state index in [1.54, 1.807) is 0 Å². The Morgan fingerprint density at radius 1 is 1.26 bits per heavy atom. The van der Waals surface area contributed by atoms with Crippen LogP contribution in [-0.4, -0.2) is 29.1 Å². The SMILES string of the molecule is Cc1nc2ccccc2nc1NCC[C@H]1CCCN1. The molecule has 1 aromatic heterocycles. The van der Waals surface area contributed by atoms with Gasteiger partial charge in [-0.1, -0.05) is 12.1 Å². The Hall–Kier alpha value is -1.68. The summed E-state index contributed by atoms with van der Waals surface area (Å²) in [6.07, 6.45) is 3.75. The van der Waals surface area contributed by atoms with Crippen LogP contribution in [0.25, 0.3) is 11.0 Å². The lowest BCUT2D eigenvalue weighted by Crippen LogP contribution is -2.24. The largest absolute Gasteiger partial charge is 0.368 e. The van der Waals surface area contributed by atoms with Gasteiger partial charge in [-0.3, -0.25) is 0 Å². The molecule has 0 unspecified atom stereocenters. The van der Waals surface area contributed by atoms with Gasteiger partial charge in [-0.25, -0.2) is 9.97 Å². The van der Waals surface area contributed by atoms with E-state index in [1.165, 1.54) is 19.4 Å². The maximum atomic E-state index is 4.64. The minimum Gasteiger partial charge on any atom is -0.368 e. The van der Waals surface area contributed by atoms with Gasteiger partial charge in [0.15, 0.2) is 0 Å². The van der Waals surface area contributed by atoms with Crippen molar-refractivity contribution in [2.75, 3.05) is 18.4 Å². The molecule has 0 aliphatic carbocycles. The molecule has 4 heteroatoms. The topological polar surface area (TPSA) is 49.8 Å². The fourth-order valence-electron chi connectivity index (χ4n) is 2.62. The molecular formula is C15H20N4. The molecule has 2 N–H and O–H groups in total. The van der Waals surface area contributed by atoms with E-state index in [4.69, 9.17) is 0 Å². The van der Waals surface area contributed by atoms with Gasteiger partial charge in [0.25, 0.3) is 0 Å². The molecule has 1 aliphatic heterocycles. The van der Waals surface area contributed by atoms with Gasteiger partial charge in [0.05, 0.1) is 16.7 Å². The molecule has 1 aliphatic rings. The number of benzene rings is 1. The molecule has 0 bridgehead atoms. The highest BCUT2D eigenvalue weighted by Crippen LogP contribution is 2.16. The van der Waals surface area contributed by atoms with Crippen LogP contribution in [0.5, 0.6) is 0 Å². The summed E-state index contributed by atoms with van der Waals surface area (Å²) in [5, 5.41) is 6.93. The minimum atomic E-state index is 0.668. The van der Waals surface area contributed by atoms with E-state index in [2.05, 4.69) is 20.6 Å². The maximum absolute atomic E-state index is 4.64. The molecule has 1 aromatic carbocycles. The van der Waals surface area contributed by atoms with Crippen molar-refractivity contribution in [2.24, 2.45) is 0 Å². The quantitative estimate of drug-likeness (QED) is 0.882. The molecule has 0 saturated carbocycles. The minimum absolute atomic E-state index is 0.668. The van der Waals surface area contributed by atoms with E-state index in [0.717, 1.165) is 35.5 Å². The van der Waals surface area contributed by atoms with E-state index < -0.39 is 0 Å². The van der Waals surface area contributed by atoms with Gasteiger partial charge in [0.1, 0.15) is 5.82 Å². The summed E-state index contributed by atoms with van der Waals surface area (Å²) in [6.45, 7) is 4.13. The van der Waals surface area contributed by atoms with Crippen molar-refractivity contribution in [1.29, 1.82) is 0 Å². The molecule has 1 saturated heterocycles. The first-order valence-electron chi connectivity index (χ1n) is 7.03. The van der Waals surface area contributed by atoms with Crippen molar-refractivity contribution in [3.63, 3.8) is 0 Å². The van der Waals surface area contributed by atoms with Gasteiger partial charge in [-0.15, -0.1) is 0 Å². The second-order valence-corrected chi connectivity index (χ2v) is 5.16. The average molecular weight is 256 g/mol. The first kappa shape index (κ1) is 12.4. The molecular weight excluding hydrogens is 236 g/mol. The highest BCUT2D eigenvalue weighted by Gasteiger charge is 2.13. The second kappa shape index (κ2) is 5.53. The lowest BCUT2D eigenvalue weighted by Gasteiger charge is -2.12. The summed E-state index contributed by atoms with van der Waals surface area (Å²) in [5.41, 5.74) is 2.88. The predicted molar refractivity (Wildman–Crippen MR) is 78.4 cm³/mol. The molecule has 0 radical (unpaired) electrons. The van der Waals surface area contributed by atoms with E-state index in [9.17, 15) is 0 Å². The smallest absolute Gasteiger partial charge is 0.148 e. The Kier molecular flexibility index (Phi) is 3.60. The molecule has 0 amide bonds. The fraction of sp³-hybridized carbons (Fsp3) is 0.467. The number of anilines is 1. The third kappa shape index (κ3) is 2.84. The van der Waals surface area contributed by atoms with Gasteiger partial charge in [0.2, 0.25) is 0 Å². The van der Waals surface area contributed by atoms with E-state index in [-0.39, 0.29) is 0 Å². The number of hydrogen-bond donors (Lipinski definition) is 2. The van der Waals surface area contributed by atoms with Crippen molar-refractivity contribution in [2.45, 2.75) is 32.2 Å². The summed E-state index contributed by atoms with van der Waals surface area (Å²) in [7, 11) is 0. The number of rotatable bonds is 4. The third-order valence-electron chi connectivity index (χ3n) is 3.69. The Morgan fingerprint density at radius 2 is 2.05 bits per heavy atom. The van der Waals surface area contributed by atoms with Crippen molar-refractivity contribution in [3.8, 4) is 0 Å². The van der Waals surface area contributed by atoms with Crippen LogP contribution in [0.3, 0.4) is 0 Å². The highest BCUT2D eigenvalue weighted by molar-refractivity contribution is 5.76. The van der Waals surface area contributed by atoms with Crippen molar-refractivity contribution in [3.05, 3.63) is 30.0 Å². The van der Waals surface area contributed by atoms with Gasteiger partial charge in [-0.05, 0) is 44.9 Å². The number of nitrogens with one attached hydrogen (secondary N) is 2. The molecule has 1 fully saturated rings. The molecule has 4 nitrogen and oxygen atoms in total. The zero-order valence-electron chi connectivity index (χ0n) is 11.3. The van der Waals surface area contributed by atoms with E-state index in [1.807, 2.05) is 31.2 Å². The Morgan fingerprint density at radius 3 is 2.79 bits per heavy atom. The first-order chi connectivity index (χ1) is 9.33. The Balaban J connectivity index is 1.67. The number of fused-ring (bicyclic) bond motifs is 1. The number of nitrogens with zero attached hydrogens (tertiary/aromatic N) is 2. The number of para-hydroxylation sites is 2. The number of hydrogen-bond acceptors (Lipinski definition) is 4. The van der Waals surface area contributed by atoms with Gasteiger partial charge in [0, 0.05) is 12.6 Å². The van der Waals surface area contributed by atoms with Crippen LogP contribution in [0.4, 0.5) is 5.82 Å². The first-order valence-corrected chi connectivity index (χ1v) is 7.03. The lowest BCUT2D eigenvalue weighted by atomic mass is 10.1. The van der Waals surface area contributed by atoms with E-state index >= 15 is 0 Å². The standard InChI is InChI=1S/C15H20N4/c1-11-15(17-10-8-12-5-4-9-16-12)19-14-7-3-2-6-13(14)18-11/h2-3,6-7,12,16H,4-5,8-10H2,1H3,(H,17,19)/t12-/m1/s1. The Labute approximate surface area is 113 Å². The zero-order valence-corrected chi connectivity index (χ0v) is 11.3. The maximum Gasteiger partial charge on any atom is 0.148 e. The van der Waals surface area contributed by atoms with Crippen LogP contribution in [0.15, 0.2) is 24.3 Å². The van der Waals surface area contributed by atoms with Crippen LogP contribution in [-0.2, 0) is 0 Å². The molecule has 0 spiro atoms. The molecule has 3 rings (SSSR count). The number of aromatic nitrogens is 2. The third-order valence-corrected chi connectivity index (χ3v) is 3.69. The summed E-state index contributed by atoms with van der Waals surface area (Å²) in [5.74, 6) is 0.914. The van der Waals surface area contributed by atoms with E-state index in [0.29, 0.717) is 6.04 Å². The average Bonchev–Trinajstić information content (AvgIpc) is 2.92. The predicted octanol–water partition coefficient (Wildman–Crippen LogP) is 2.49. The fourth-order valence-corrected chi connectivity index (χ4v) is 2.62. The van der Waals surface area contributed by atoms with Gasteiger partial charge < -0.3 is 10.6 Å². The molecule has 100 valence electrons. The Bertz CT molecular complexity index is 561. The van der Waals surface area contributed by atoms with Crippen molar-refractivity contribution < 1.29 is 0 Å². The summed E-state index contributed by atoms with van der Waals surface area (Å²) in [4.78, 5) is 9.23. The molecule has 2 aromatic rings. The van der Waals surface area contributed by atoms with Crippen LogP contribution in [0.2, 0.25) is 0 Å². The summed E-state index contributed by atoms with van der Waals surface area (Å²) >= 11 is 0. The lowest BCUT2D eigenvalue weighted by molar-refractivity contribution is 0.574. The van der Waals surface area contributed by atoms with Gasteiger partial charge >= 0.3 is 0 Å². The van der Waals surface area contributed by atoms with Gasteiger partial charge in [-0.2, -0.15) is 0 Å². The van der Waals surface area contributed by atoms with Crippen molar-refractivity contribution >= 4 is 16.9 Å². The van der Waals surface area contributed by atoms with Crippen LogP contribution < -0.4 is 10.6 Å². The zero-order chi connectivity index (χ0) is 13.1. The molecule has 1 atom stereocenters. The monoisotopic (exact) mass is 256 g/mol. The summed E-state index contributed by atoms with van der Waals surface area (Å²) < 4.78 is 0. The normalized spacial score (nSPS) is 18.9. The van der Waals surface area contributed by atoms with Crippen molar-refractivity contribution in [1.82, 2.24) is 15.3 Å². The molecule has 19 heavy (non-hydrogen) atoms. The van der Waals surface area contributed by atoms with Crippen LogP contribution >= 0.6 is 0 Å². The summed E-state index contributed by atoms with van der Waals surface area (Å²) in [6, 6.07) is 8.67.